The van der Waals surface area contributed by atoms with Crippen LogP contribution in [0.2, 0.25) is 0 Å². The average Bonchev–Trinajstić information content (AvgIpc) is 2.37. The van der Waals surface area contributed by atoms with Crippen molar-refractivity contribution in [3.63, 3.8) is 0 Å². The van der Waals surface area contributed by atoms with Crippen molar-refractivity contribution >= 4 is 11.9 Å². The SMILES string of the molecule is CC(C)(CCNC(=O)c1ccc(C(F)(F)F)nc1)C(=O)O. The van der Waals surface area contributed by atoms with E-state index in [4.69, 9.17) is 5.11 Å². The number of aliphatic carboxylic acids is 1. The largest absolute Gasteiger partial charge is 0.481 e. The van der Waals surface area contributed by atoms with Gasteiger partial charge in [-0.1, -0.05) is 0 Å². The molecule has 0 fully saturated rings. The molecule has 0 aromatic carbocycles. The lowest BCUT2D eigenvalue weighted by molar-refractivity contribution is -0.147. The molecular formula is C13H15F3N2O3. The molecule has 1 heterocycles. The molecule has 2 N–H and O–H groups in total. The van der Waals surface area contributed by atoms with E-state index in [1.807, 2.05) is 0 Å². The highest BCUT2D eigenvalue weighted by molar-refractivity contribution is 5.93. The summed E-state index contributed by atoms with van der Waals surface area (Å²) in [5.74, 6) is -1.59. The minimum atomic E-state index is -4.56. The summed E-state index contributed by atoms with van der Waals surface area (Å²) < 4.78 is 36.9. The number of nitrogens with zero attached hydrogens (tertiary/aromatic N) is 1. The van der Waals surface area contributed by atoms with Crippen LogP contribution in [0, 0.1) is 5.41 Å². The third-order valence-electron chi connectivity index (χ3n) is 2.93. The van der Waals surface area contributed by atoms with Gasteiger partial charge in [0.1, 0.15) is 5.69 Å². The molecule has 1 aromatic heterocycles. The molecule has 0 aliphatic rings. The monoisotopic (exact) mass is 304 g/mol. The van der Waals surface area contributed by atoms with Crippen LogP contribution >= 0.6 is 0 Å². The van der Waals surface area contributed by atoms with Gasteiger partial charge in [0.15, 0.2) is 0 Å². The van der Waals surface area contributed by atoms with E-state index >= 15 is 0 Å². The Hall–Kier alpha value is -2.12. The van der Waals surface area contributed by atoms with Gasteiger partial charge in [-0.3, -0.25) is 14.6 Å². The number of amides is 1. The van der Waals surface area contributed by atoms with Crippen molar-refractivity contribution in [3.8, 4) is 0 Å². The van der Waals surface area contributed by atoms with Crippen molar-refractivity contribution in [2.45, 2.75) is 26.4 Å². The van der Waals surface area contributed by atoms with Gasteiger partial charge in [-0.15, -0.1) is 0 Å². The fourth-order valence-corrected chi connectivity index (χ4v) is 1.39. The van der Waals surface area contributed by atoms with Gasteiger partial charge < -0.3 is 10.4 Å². The first kappa shape index (κ1) is 16.9. The molecule has 5 nitrogen and oxygen atoms in total. The highest BCUT2D eigenvalue weighted by Crippen LogP contribution is 2.27. The Balaban J connectivity index is 2.59. The van der Waals surface area contributed by atoms with Crippen LogP contribution in [0.3, 0.4) is 0 Å². The van der Waals surface area contributed by atoms with Gasteiger partial charge in [0.2, 0.25) is 0 Å². The fourth-order valence-electron chi connectivity index (χ4n) is 1.39. The number of alkyl halides is 3. The molecule has 0 saturated heterocycles. The van der Waals surface area contributed by atoms with Gasteiger partial charge in [0, 0.05) is 12.7 Å². The third kappa shape index (κ3) is 4.73. The molecular weight excluding hydrogens is 289 g/mol. The number of nitrogens with one attached hydrogen (secondary N) is 1. The molecule has 1 amide bonds. The van der Waals surface area contributed by atoms with Gasteiger partial charge in [0.25, 0.3) is 5.91 Å². The number of carboxylic acid groups (broad SMARTS) is 1. The molecule has 0 spiro atoms. The highest BCUT2D eigenvalue weighted by atomic mass is 19.4. The molecule has 0 bridgehead atoms. The predicted octanol–water partition coefficient (Wildman–Crippen LogP) is 2.33. The van der Waals surface area contributed by atoms with Crippen molar-refractivity contribution in [2.24, 2.45) is 5.41 Å². The quantitative estimate of drug-likeness (QED) is 0.875. The van der Waals surface area contributed by atoms with E-state index in [1.165, 1.54) is 13.8 Å². The van der Waals surface area contributed by atoms with Crippen LogP contribution in [0.15, 0.2) is 18.3 Å². The van der Waals surface area contributed by atoms with E-state index in [1.54, 1.807) is 0 Å². The predicted molar refractivity (Wildman–Crippen MR) is 67.6 cm³/mol. The summed E-state index contributed by atoms with van der Waals surface area (Å²) in [6.45, 7) is 3.13. The lowest BCUT2D eigenvalue weighted by atomic mass is 9.90. The summed E-state index contributed by atoms with van der Waals surface area (Å²) >= 11 is 0. The number of hydrogen-bond acceptors (Lipinski definition) is 3. The maximum Gasteiger partial charge on any atom is 0.433 e. The second-order valence-electron chi connectivity index (χ2n) is 5.12. The minimum Gasteiger partial charge on any atom is -0.481 e. The second-order valence-corrected chi connectivity index (χ2v) is 5.12. The van der Waals surface area contributed by atoms with Crippen LogP contribution in [-0.2, 0) is 11.0 Å². The Morgan fingerprint density at radius 2 is 1.90 bits per heavy atom. The highest BCUT2D eigenvalue weighted by Gasteiger charge is 2.32. The Labute approximate surface area is 119 Å². The topological polar surface area (TPSA) is 79.3 Å². The molecule has 116 valence electrons. The molecule has 1 aromatic rings. The maximum absolute atomic E-state index is 12.3. The van der Waals surface area contributed by atoms with E-state index < -0.39 is 29.2 Å². The molecule has 0 aliphatic carbocycles. The molecule has 0 aliphatic heterocycles. The van der Waals surface area contributed by atoms with Crippen LogP contribution < -0.4 is 5.32 Å². The smallest absolute Gasteiger partial charge is 0.433 e. The normalized spacial score (nSPS) is 12.0. The van der Waals surface area contributed by atoms with Crippen LogP contribution in [0.1, 0.15) is 36.3 Å². The van der Waals surface area contributed by atoms with E-state index in [0.29, 0.717) is 0 Å². The maximum atomic E-state index is 12.3. The van der Waals surface area contributed by atoms with E-state index in [2.05, 4.69) is 10.3 Å². The van der Waals surface area contributed by atoms with Crippen molar-refractivity contribution < 1.29 is 27.9 Å². The lowest BCUT2D eigenvalue weighted by Crippen LogP contribution is -2.32. The van der Waals surface area contributed by atoms with E-state index in [9.17, 15) is 22.8 Å². The summed E-state index contributed by atoms with van der Waals surface area (Å²) in [5.41, 5.74) is -2.09. The van der Waals surface area contributed by atoms with Crippen molar-refractivity contribution in [1.29, 1.82) is 0 Å². The van der Waals surface area contributed by atoms with Crippen LogP contribution in [0.5, 0.6) is 0 Å². The summed E-state index contributed by atoms with van der Waals surface area (Å²) in [6.07, 6.45) is -3.52. The number of pyridine rings is 1. The zero-order valence-electron chi connectivity index (χ0n) is 11.5. The Morgan fingerprint density at radius 1 is 1.29 bits per heavy atom. The Kier molecular flexibility index (Phi) is 4.93. The Bertz CT molecular complexity index is 524. The van der Waals surface area contributed by atoms with Crippen LogP contribution in [0.4, 0.5) is 13.2 Å². The number of carbonyl (C=O) groups excluding carboxylic acids is 1. The van der Waals surface area contributed by atoms with Crippen molar-refractivity contribution in [1.82, 2.24) is 10.3 Å². The van der Waals surface area contributed by atoms with Gasteiger partial charge in [-0.2, -0.15) is 13.2 Å². The molecule has 0 atom stereocenters. The first-order valence-electron chi connectivity index (χ1n) is 6.09. The third-order valence-corrected chi connectivity index (χ3v) is 2.93. The van der Waals surface area contributed by atoms with Gasteiger partial charge in [-0.25, -0.2) is 0 Å². The first-order valence-corrected chi connectivity index (χ1v) is 6.09. The standard InChI is InChI=1S/C13H15F3N2O3/c1-12(2,11(20)21)5-6-17-10(19)8-3-4-9(18-7-8)13(14,15)16/h3-4,7H,5-6H2,1-2H3,(H,17,19)(H,20,21). The first-order chi connectivity index (χ1) is 9.54. The molecule has 8 heteroatoms. The molecule has 0 unspecified atom stereocenters. The van der Waals surface area contributed by atoms with Crippen molar-refractivity contribution in [2.75, 3.05) is 6.54 Å². The number of carboxylic acids is 1. The summed E-state index contributed by atoms with van der Waals surface area (Å²) in [6, 6.07) is 1.74. The minimum absolute atomic E-state index is 0.0175. The second kappa shape index (κ2) is 6.11. The fraction of sp³-hybridized carbons (Fsp3) is 0.462. The summed E-state index contributed by atoms with van der Waals surface area (Å²) in [5, 5.41) is 11.3. The van der Waals surface area contributed by atoms with Crippen LogP contribution in [-0.4, -0.2) is 28.5 Å². The molecule has 21 heavy (non-hydrogen) atoms. The molecule has 0 saturated carbocycles. The van der Waals surface area contributed by atoms with Gasteiger partial charge >= 0.3 is 12.1 Å². The Morgan fingerprint density at radius 3 is 2.33 bits per heavy atom. The number of aromatic nitrogens is 1. The lowest BCUT2D eigenvalue weighted by Gasteiger charge is -2.18. The zero-order valence-corrected chi connectivity index (χ0v) is 11.5. The summed E-state index contributed by atoms with van der Waals surface area (Å²) in [7, 11) is 0. The van der Waals surface area contributed by atoms with E-state index in [0.717, 1.165) is 18.3 Å². The van der Waals surface area contributed by atoms with E-state index in [-0.39, 0.29) is 18.5 Å². The zero-order chi connectivity index (χ0) is 16.3. The van der Waals surface area contributed by atoms with Crippen molar-refractivity contribution in [3.05, 3.63) is 29.6 Å². The van der Waals surface area contributed by atoms with Crippen LogP contribution in [0.25, 0.3) is 0 Å². The number of carbonyl (C=O) groups is 2. The van der Waals surface area contributed by atoms with Gasteiger partial charge in [0.05, 0.1) is 11.0 Å². The molecule has 0 radical (unpaired) electrons. The number of halogens is 3. The number of hydrogen-bond donors (Lipinski definition) is 2. The number of rotatable bonds is 5. The van der Waals surface area contributed by atoms with Gasteiger partial charge in [-0.05, 0) is 32.4 Å². The molecule has 1 rings (SSSR count). The average molecular weight is 304 g/mol. The summed E-state index contributed by atoms with van der Waals surface area (Å²) in [4.78, 5) is 25.7.